The van der Waals surface area contributed by atoms with Crippen LogP contribution in [0.5, 0.6) is 0 Å². The summed E-state index contributed by atoms with van der Waals surface area (Å²) in [6.45, 7) is 0.514. The number of nitrogens with two attached hydrogens (primary N) is 1. The van der Waals surface area contributed by atoms with Crippen LogP contribution in [0.4, 0.5) is 13.2 Å². The van der Waals surface area contributed by atoms with Gasteiger partial charge >= 0.3 is 6.18 Å². The first kappa shape index (κ1) is 12.3. The van der Waals surface area contributed by atoms with E-state index in [2.05, 4.69) is 5.32 Å². The molecule has 1 saturated heterocycles. The first-order valence-corrected chi connectivity index (χ1v) is 4.51. The molecule has 0 aromatic rings. The van der Waals surface area contributed by atoms with Crippen molar-refractivity contribution in [3.05, 3.63) is 0 Å². The van der Waals surface area contributed by atoms with Crippen molar-refractivity contribution in [2.45, 2.75) is 31.2 Å². The lowest BCUT2D eigenvalue weighted by molar-refractivity contribution is -0.138. The molecule has 0 saturated carbocycles. The predicted octanol–water partition coefficient (Wildman–Crippen LogP) is 0.171. The number of alkyl halides is 3. The van der Waals surface area contributed by atoms with Gasteiger partial charge in [-0.05, 0) is 6.92 Å². The fraction of sp³-hybridized carbons (Fsp3) is 0.875. The third-order valence-electron chi connectivity index (χ3n) is 2.60. The number of hydrogen-bond acceptors (Lipinski definition) is 3. The first-order chi connectivity index (χ1) is 6.78. The van der Waals surface area contributed by atoms with E-state index in [1.807, 2.05) is 0 Å². The van der Waals surface area contributed by atoms with E-state index in [0.29, 0.717) is 0 Å². The molecule has 0 bridgehead atoms. The summed E-state index contributed by atoms with van der Waals surface area (Å²) < 4.78 is 41.1. The third kappa shape index (κ3) is 2.60. The van der Waals surface area contributed by atoms with Crippen molar-refractivity contribution < 1.29 is 22.7 Å². The highest BCUT2D eigenvalue weighted by molar-refractivity contribution is 5.85. The summed E-state index contributed by atoms with van der Waals surface area (Å²) in [6, 6.07) is 0. The van der Waals surface area contributed by atoms with Gasteiger partial charge < -0.3 is 10.5 Å². The minimum atomic E-state index is -4.37. The number of hydrogen-bond donors (Lipinski definition) is 2. The number of halogens is 3. The van der Waals surface area contributed by atoms with E-state index in [1.54, 1.807) is 0 Å². The highest BCUT2D eigenvalue weighted by Gasteiger charge is 2.48. The van der Waals surface area contributed by atoms with E-state index in [0.717, 1.165) is 0 Å². The van der Waals surface area contributed by atoms with Gasteiger partial charge in [0.15, 0.2) is 0 Å². The highest BCUT2D eigenvalue weighted by Crippen LogP contribution is 2.27. The van der Waals surface area contributed by atoms with Crippen LogP contribution in [0.15, 0.2) is 0 Å². The zero-order chi connectivity index (χ0) is 11.7. The molecule has 1 amide bonds. The molecular weight excluding hydrogens is 213 g/mol. The average Bonchev–Trinajstić information content (AvgIpc) is 2.43. The standard InChI is InChI=1S/C8H13F3N2O2/c1-5-7(6(12)14,2-3-15-5)13-4-8(9,10)11/h5,13H,2-4H2,1H3,(H2,12,14). The van der Waals surface area contributed by atoms with Crippen LogP contribution in [-0.2, 0) is 9.53 Å². The molecular formula is C8H13F3N2O2. The molecule has 0 aromatic heterocycles. The summed E-state index contributed by atoms with van der Waals surface area (Å²) in [7, 11) is 0. The molecule has 2 atom stereocenters. The molecule has 0 radical (unpaired) electrons. The van der Waals surface area contributed by atoms with Gasteiger partial charge in [0.2, 0.25) is 5.91 Å². The van der Waals surface area contributed by atoms with Gasteiger partial charge in [-0.15, -0.1) is 0 Å². The van der Waals surface area contributed by atoms with E-state index in [9.17, 15) is 18.0 Å². The molecule has 88 valence electrons. The van der Waals surface area contributed by atoms with Gasteiger partial charge in [0.25, 0.3) is 0 Å². The van der Waals surface area contributed by atoms with Crippen molar-refractivity contribution in [2.24, 2.45) is 5.73 Å². The van der Waals surface area contributed by atoms with E-state index >= 15 is 0 Å². The Morgan fingerprint density at radius 2 is 2.27 bits per heavy atom. The van der Waals surface area contributed by atoms with Crippen molar-refractivity contribution in [1.82, 2.24) is 5.32 Å². The van der Waals surface area contributed by atoms with Crippen LogP contribution in [0.1, 0.15) is 13.3 Å². The predicted molar refractivity (Wildman–Crippen MR) is 46.0 cm³/mol. The number of rotatable bonds is 3. The summed E-state index contributed by atoms with van der Waals surface area (Å²) in [6.07, 6.45) is -4.85. The van der Waals surface area contributed by atoms with Crippen molar-refractivity contribution in [2.75, 3.05) is 13.2 Å². The zero-order valence-electron chi connectivity index (χ0n) is 8.23. The summed E-state index contributed by atoms with van der Waals surface area (Å²) in [5.74, 6) is -0.809. The average molecular weight is 226 g/mol. The second kappa shape index (κ2) is 3.97. The maximum Gasteiger partial charge on any atom is 0.401 e. The van der Waals surface area contributed by atoms with Gasteiger partial charge in [-0.3, -0.25) is 10.1 Å². The lowest BCUT2D eigenvalue weighted by atomic mass is 9.91. The lowest BCUT2D eigenvalue weighted by Gasteiger charge is -2.30. The minimum Gasteiger partial charge on any atom is -0.376 e. The van der Waals surface area contributed by atoms with Crippen molar-refractivity contribution >= 4 is 5.91 Å². The molecule has 1 fully saturated rings. The summed E-state index contributed by atoms with van der Waals surface area (Å²) in [4.78, 5) is 11.2. The van der Waals surface area contributed by atoms with Gasteiger partial charge in [0.05, 0.1) is 12.6 Å². The van der Waals surface area contributed by atoms with E-state index in [1.165, 1.54) is 6.92 Å². The molecule has 4 nitrogen and oxygen atoms in total. The number of carbonyl (C=O) groups is 1. The van der Waals surface area contributed by atoms with Gasteiger partial charge in [0.1, 0.15) is 5.54 Å². The normalized spacial score (nSPS) is 31.9. The Kier molecular flexibility index (Phi) is 3.25. The third-order valence-corrected chi connectivity index (χ3v) is 2.60. The van der Waals surface area contributed by atoms with Crippen LogP contribution in [-0.4, -0.2) is 36.9 Å². The van der Waals surface area contributed by atoms with Gasteiger partial charge in [0, 0.05) is 13.0 Å². The Balaban J connectivity index is 2.71. The lowest BCUT2D eigenvalue weighted by Crippen LogP contribution is -2.61. The number of primary amides is 1. The Morgan fingerprint density at radius 3 is 2.60 bits per heavy atom. The minimum absolute atomic E-state index is 0.166. The van der Waals surface area contributed by atoms with E-state index in [4.69, 9.17) is 10.5 Å². The van der Waals surface area contributed by atoms with Crippen molar-refractivity contribution in [3.8, 4) is 0 Å². The Labute approximate surface area is 84.9 Å². The number of ether oxygens (including phenoxy) is 1. The van der Waals surface area contributed by atoms with Crippen LogP contribution >= 0.6 is 0 Å². The number of amides is 1. The van der Waals surface area contributed by atoms with Gasteiger partial charge in [-0.2, -0.15) is 13.2 Å². The van der Waals surface area contributed by atoms with Gasteiger partial charge in [-0.1, -0.05) is 0 Å². The molecule has 1 heterocycles. The second-order valence-electron chi connectivity index (χ2n) is 3.57. The van der Waals surface area contributed by atoms with E-state index in [-0.39, 0.29) is 13.0 Å². The highest BCUT2D eigenvalue weighted by atomic mass is 19.4. The van der Waals surface area contributed by atoms with Crippen LogP contribution in [0, 0.1) is 0 Å². The molecule has 0 aliphatic carbocycles. The maximum absolute atomic E-state index is 12.0. The van der Waals surface area contributed by atoms with E-state index < -0.39 is 30.3 Å². The quantitative estimate of drug-likeness (QED) is 0.721. The second-order valence-corrected chi connectivity index (χ2v) is 3.57. The fourth-order valence-electron chi connectivity index (χ4n) is 1.64. The molecule has 0 aromatic carbocycles. The summed E-state index contributed by atoms with van der Waals surface area (Å²) in [5, 5.41) is 2.16. The smallest absolute Gasteiger partial charge is 0.376 e. The van der Waals surface area contributed by atoms with Crippen LogP contribution in [0.3, 0.4) is 0 Å². The summed E-state index contributed by atoms with van der Waals surface area (Å²) in [5.41, 5.74) is 3.71. The Bertz CT molecular complexity index is 257. The molecule has 15 heavy (non-hydrogen) atoms. The summed E-state index contributed by atoms with van der Waals surface area (Å²) >= 11 is 0. The Morgan fingerprint density at radius 1 is 1.67 bits per heavy atom. The van der Waals surface area contributed by atoms with Crippen LogP contribution in [0.2, 0.25) is 0 Å². The first-order valence-electron chi connectivity index (χ1n) is 4.51. The van der Waals surface area contributed by atoms with Gasteiger partial charge in [-0.25, -0.2) is 0 Å². The molecule has 2 unspecified atom stereocenters. The molecule has 1 aliphatic rings. The fourth-order valence-corrected chi connectivity index (χ4v) is 1.64. The molecule has 0 spiro atoms. The van der Waals surface area contributed by atoms with Crippen molar-refractivity contribution in [1.29, 1.82) is 0 Å². The molecule has 3 N–H and O–H groups in total. The number of carbonyl (C=O) groups excluding carboxylic acids is 1. The SMILES string of the molecule is CC1OCCC1(NCC(F)(F)F)C(N)=O. The molecule has 7 heteroatoms. The van der Waals surface area contributed by atoms with Crippen LogP contribution < -0.4 is 11.1 Å². The maximum atomic E-state index is 12.0. The van der Waals surface area contributed by atoms with Crippen molar-refractivity contribution in [3.63, 3.8) is 0 Å². The van der Waals surface area contributed by atoms with Crippen LogP contribution in [0.25, 0.3) is 0 Å². The molecule has 1 rings (SSSR count). The topological polar surface area (TPSA) is 64.3 Å². The molecule has 1 aliphatic heterocycles. The zero-order valence-corrected chi connectivity index (χ0v) is 8.23. The monoisotopic (exact) mass is 226 g/mol. The number of nitrogens with one attached hydrogen (secondary N) is 1. The Hall–Kier alpha value is -0.820. The largest absolute Gasteiger partial charge is 0.401 e.